The van der Waals surface area contributed by atoms with E-state index >= 15 is 0 Å². The number of nitrogens with zero attached hydrogens (tertiary/aromatic N) is 5. The molecule has 1 saturated heterocycles. The van der Waals surface area contributed by atoms with E-state index in [0.29, 0.717) is 30.2 Å². The highest BCUT2D eigenvalue weighted by molar-refractivity contribution is 6.09. The van der Waals surface area contributed by atoms with E-state index in [1.807, 2.05) is 36.4 Å². The van der Waals surface area contributed by atoms with Crippen LogP contribution in [-0.4, -0.2) is 77.5 Å². The number of carbonyl (C=O) groups excluding carboxylic acids is 2. The number of amides is 2. The second kappa shape index (κ2) is 11.8. The predicted octanol–water partition coefficient (Wildman–Crippen LogP) is 3.02. The van der Waals surface area contributed by atoms with Gasteiger partial charge in [-0.15, -0.1) is 0 Å². The third kappa shape index (κ3) is 6.06. The van der Waals surface area contributed by atoms with Crippen molar-refractivity contribution in [3.8, 4) is 11.5 Å². The molecule has 2 aliphatic heterocycles. The summed E-state index contributed by atoms with van der Waals surface area (Å²) in [7, 11) is 0. The molecule has 1 fully saturated rings. The van der Waals surface area contributed by atoms with Gasteiger partial charge in [-0.25, -0.2) is 9.97 Å². The van der Waals surface area contributed by atoms with Crippen LogP contribution in [0.3, 0.4) is 0 Å². The summed E-state index contributed by atoms with van der Waals surface area (Å²) in [6.45, 7) is 5.06. The molecule has 3 heterocycles. The molecule has 0 N–H and O–H groups in total. The monoisotopic (exact) mass is 501 g/mol. The van der Waals surface area contributed by atoms with Crippen molar-refractivity contribution in [2.45, 2.75) is 19.4 Å². The summed E-state index contributed by atoms with van der Waals surface area (Å²) >= 11 is 0. The van der Waals surface area contributed by atoms with E-state index in [-0.39, 0.29) is 18.4 Å². The van der Waals surface area contributed by atoms with Gasteiger partial charge in [0.1, 0.15) is 23.7 Å². The van der Waals surface area contributed by atoms with Crippen LogP contribution in [0.1, 0.15) is 28.8 Å². The van der Waals surface area contributed by atoms with Crippen LogP contribution >= 0.6 is 0 Å². The number of hydrogen-bond acceptors (Lipinski definition) is 8. The van der Waals surface area contributed by atoms with Crippen molar-refractivity contribution in [3.05, 3.63) is 78.1 Å². The number of fused-ring (bicyclic) bond motifs is 1. The molecule has 0 unspecified atom stereocenters. The van der Waals surface area contributed by atoms with Gasteiger partial charge in [0.05, 0.1) is 0 Å². The fourth-order valence-electron chi connectivity index (χ4n) is 4.62. The number of hydrogen-bond donors (Lipinski definition) is 0. The summed E-state index contributed by atoms with van der Waals surface area (Å²) in [5.74, 6) is 0.886. The minimum atomic E-state index is -0.363. The first-order valence-electron chi connectivity index (χ1n) is 12.7. The number of ether oxygens (including phenoxy) is 2. The van der Waals surface area contributed by atoms with Crippen molar-refractivity contribution in [2.75, 3.05) is 50.8 Å². The Morgan fingerprint density at radius 1 is 0.838 bits per heavy atom. The Kier molecular flexibility index (Phi) is 7.90. The quantitative estimate of drug-likeness (QED) is 0.327. The van der Waals surface area contributed by atoms with Gasteiger partial charge in [-0.3, -0.25) is 19.4 Å². The van der Waals surface area contributed by atoms with Gasteiger partial charge in [-0.2, -0.15) is 0 Å². The lowest BCUT2D eigenvalue weighted by Crippen LogP contribution is -2.47. The Morgan fingerprint density at radius 3 is 2.38 bits per heavy atom. The van der Waals surface area contributed by atoms with Gasteiger partial charge in [-0.05, 0) is 43.1 Å². The van der Waals surface area contributed by atoms with Gasteiger partial charge >= 0.3 is 0 Å². The topological polar surface area (TPSA) is 88.1 Å². The minimum Gasteiger partial charge on any atom is -0.488 e. The van der Waals surface area contributed by atoms with E-state index in [2.05, 4.69) is 19.8 Å². The highest BCUT2D eigenvalue weighted by Gasteiger charge is 2.32. The fourth-order valence-corrected chi connectivity index (χ4v) is 4.62. The maximum absolute atomic E-state index is 13.5. The molecular weight excluding hydrogens is 470 g/mol. The molecule has 2 aliphatic rings. The van der Waals surface area contributed by atoms with E-state index in [9.17, 15) is 9.59 Å². The second-order valence-electron chi connectivity index (χ2n) is 9.13. The first-order valence-corrected chi connectivity index (χ1v) is 12.7. The number of unbranched alkanes of at least 4 members (excludes halogenated alkanes) is 1. The number of carbonyl (C=O) groups is 2. The van der Waals surface area contributed by atoms with Crippen molar-refractivity contribution >= 4 is 17.8 Å². The molecule has 1 aromatic heterocycles. The Balaban J connectivity index is 1.15. The van der Waals surface area contributed by atoms with Crippen LogP contribution in [0.2, 0.25) is 0 Å². The van der Waals surface area contributed by atoms with Crippen LogP contribution in [0.25, 0.3) is 0 Å². The molecule has 0 radical (unpaired) electrons. The Labute approximate surface area is 216 Å². The maximum atomic E-state index is 13.5. The zero-order valence-electron chi connectivity index (χ0n) is 20.8. The summed E-state index contributed by atoms with van der Waals surface area (Å²) in [6.07, 6.45) is 5.14. The molecule has 0 aliphatic carbocycles. The first-order chi connectivity index (χ1) is 18.2. The molecule has 9 nitrogen and oxygen atoms in total. The molecule has 2 aromatic carbocycles. The van der Waals surface area contributed by atoms with Crippen LogP contribution in [-0.2, 0) is 11.4 Å². The minimum absolute atomic E-state index is 0.162. The second-order valence-corrected chi connectivity index (χ2v) is 9.13. The summed E-state index contributed by atoms with van der Waals surface area (Å²) in [6, 6.07) is 16.8. The van der Waals surface area contributed by atoms with E-state index in [4.69, 9.17) is 9.47 Å². The zero-order valence-corrected chi connectivity index (χ0v) is 20.8. The predicted molar refractivity (Wildman–Crippen MR) is 139 cm³/mol. The molecule has 3 aromatic rings. The molecule has 2 amide bonds. The first kappa shape index (κ1) is 24.7. The maximum Gasteiger partial charge on any atom is 0.268 e. The fraction of sp³-hybridized carbons (Fsp3) is 0.357. The van der Waals surface area contributed by atoms with Gasteiger partial charge in [-0.1, -0.05) is 36.4 Å². The highest BCUT2D eigenvalue weighted by Crippen LogP contribution is 2.32. The molecule has 0 spiro atoms. The smallest absolute Gasteiger partial charge is 0.268 e. The normalized spacial score (nSPS) is 16.2. The van der Waals surface area contributed by atoms with Crippen LogP contribution in [0.15, 0.2) is 67.0 Å². The average Bonchev–Trinajstić information content (AvgIpc) is 3.07. The highest BCUT2D eigenvalue weighted by atomic mass is 16.5. The van der Waals surface area contributed by atoms with E-state index in [0.717, 1.165) is 57.1 Å². The van der Waals surface area contributed by atoms with Crippen LogP contribution < -0.4 is 14.4 Å². The molecule has 9 heteroatoms. The number of rotatable bonds is 9. The van der Waals surface area contributed by atoms with Gasteiger partial charge in [0.25, 0.3) is 11.8 Å². The molecular formula is C28H31N5O4. The molecule has 37 heavy (non-hydrogen) atoms. The van der Waals surface area contributed by atoms with Crippen LogP contribution in [0.4, 0.5) is 5.95 Å². The molecule has 0 saturated carbocycles. The largest absolute Gasteiger partial charge is 0.488 e. The third-order valence-corrected chi connectivity index (χ3v) is 6.65. The Hall–Kier alpha value is -3.98. The summed E-state index contributed by atoms with van der Waals surface area (Å²) in [4.78, 5) is 40.8. The average molecular weight is 502 g/mol. The Morgan fingerprint density at radius 2 is 1.59 bits per heavy atom. The lowest BCUT2D eigenvalue weighted by molar-refractivity contribution is -0.130. The van der Waals surface area contributed by atoms with Crippen molar-refractivity contribution < 1.29 is 19.1 Å². The third-order valence-electron chi connectivity index (χ3n) is 6.65. The number of piperazine rings is 1. The molecule has 192 valence electrons. The standard InChI is InChI=1S/C28H31N5O4/c34-25-21-37-24-11-6-10-23(36-20-22-8-2-1-3-9-22)26(24)27(35)33(25)15-5-4-14-31-16-18-32(19-17-31)28-29-12-7-13-30-28/h1-3,6-13H,4-5,14-21H2. The summed E-state index contributed by atoms with van der Waals surface area (Å²) < 4.78 is 11.7. The zero-order chi connectivity index (χ0) is 25.5. The van der Waals surface area contributed by atoms with Gasteiger partial charge in [0.15, 0.2) is 6.61 Å². The van der Waals surface area contributed by atoms with E-state index in [1.54, 1.807) is 30.6 Å². The van der Waals surface area contributed by atoms with Crippen molar-refractivity contribution in [1.82, 2.24) is 19.8 Å². The van der Waals surface area contributed by atoms with Crippen molar-refractivity contribution in [3.63, 3.8) is 0 Å². The van der Waals surface area contributed by atoms with Gasteiger partial charge in [0, 0.05) is 45.1 Å². The summed E-state index contributed by atoms with van der Waals surface area (Å²) in [5.41, 5.74) is 1.30. The van der Waals surface area contributed by atoms with E-state index < -0.39 is 0 Å². The number of anilines is 1. The number of aromatic nitrogens is 2. The Bertz CT molecular complexity index is 1200. The van der Waals surface area contributed by atoms with Gasteiger partial charge < -0.3 is 14.4 Å². The van der Waals surface area contributed by atoms with Crippen LogP contribution in [0.5, 0.6) is 11.5 Å². The lowest BCUT2D eigenvalue weighted by atomic mass is 10.1. The van der Waals surface area contributed by atoms with Gasteiger partial charge in [0.2, 0.25) is 5.95 Å². The van der Waals surface area contributed by atoms with E-state index in [1.165, 1.54) is 4.90 Å². The molecule has 0 bridgehead atoms. The van der Waals surface area contributed by atoms with Crippen molar-refractivity contribution in [2.24, 2.45) is 0 Å². The lowest BCUT2D eigenvalue weighted by Gasteiger charge is -2.34. The molecule has 5 rings (SSSR count). The summed E-state index contributed by atoms with van der Waals surface area (Å²) in [5, 5.41) is 0. The number of benzene rings is 2. The number of imide groups is 1. The van der Waals surface area contributed by atoms with Crippen molar-refractivity contribution in [1.29, 1.82) is 0 Å². The van der Waals surface area contributed by atoms with Crippen LogP contribution in [0, 0.1) is 0 Å². The SMILES string of the molecule is O=C1COc2cccc(OCc3ccccc3)c2C(=O)N1CCCCN1CCN(c2ncccn2)CC1. The molecule has 0 atom stereocenters.